The first-order valence-corrected chi connectivity index (χ1v) is 12.6. The Labute approximate surface area is 221 Å². The third-order valence-corrected chi connectivity index (χ3v) is 7.64. The van der Waals surface area contributed by atoms with Gasteiger partial charge in [-0.2, -0.15) is 0 Å². The van der Waals surface area contributed by atoms with Crippen molar-refractivity contribution in [2.45, 2.75) is 48.7 Å². The average Bonchev–Trinajstić information content (AvgIpc) is 2.90. The maximum Gasteiger partial charge on any atom is 0.345 e. The van der Waals surface area contributed by atoms with Crippen molar-refractivity contribution in [1.29, 1.82) is 0 Å². The second-order valence-electron chi connectivity index (χ2n) is 8.87. The average molecular weight is 546 g/mol. The summed E-state index contributed by atoms with van der Waals surface area (Å²) in [6.45, 7) is -0.625. The third-order valence-electron chi connectivity index (χ3n) is 6.23. The van der Waals surface area contributed by atoms with E-state index < -0.39 is 66.8 Å². The zero-order valence-electron chi connectivity index (χ0n) is 20.0. The molecule has 202 valence electrons. The number of thioether (sulfide) groups is 1. The number of aliphatic carboxylic acids is 2. The van der Waals surface area contributed by atoms with Crippen LogP contribution in [0.1, 0.15) is 12.0 Å². The van der Waals surface area contributed by atoms with E-state index in [0.717, 1.165) is 11.1 Å². The molecule has 0 aromatic heterocycles. The summed E-state index contributed by atoms with van der Waals surface area (Å²) < 4.78 is 11.1. The van der Waals surface area contributed by atoms with Crippen molar-refractivity contribution in [2.75, 3.05) is 6.61 Å². The molecule has 2 aromatic carbocycles. The number of rotatable bonds is 9. The van der Waals surface area contributed by atoms with E-state index in [-0.39, 0.29) is 17.1 Å². The summed E-state index contributed by atoms with van der Waals surface area (Å²) in [4.78, 5) is 36.1. The number of nitrogens with one attached hydrogen (secondary N) is 1. The van der Waals surface area contributed by atoms with Crippen molar-refractivity contribution >= 4 is 29.6 Å². The minimum atomic E-state index is -1.51. The van der Waals surface area contributed by atoms with Crippen molar-refractivity contribution in [3.63, 3.8) is 0 Å². The number of ether oxygens (including phenoxy) is 2. The van der Waals surface area contributed by atoms with Crippen LogP contribution in [0, 0.1) is 0 Å². The molecular weight excluding hydrogens is 518 g/mol. The summed E-state index contributed by atoms with van der Waals surface area (Å²) >= 11 is 0.664. The summed E-state index contributed by atoms with van der Waals surface area (Å²) in [5.41, 5.74) is 2.63. The largest absolute Gasteiger partial charge is 0.480 e. The van der Waals surface area contributed by atoms with Gasteiger partial charge in [0.15, 0.2) is 0 Å². The summed E-state index contributed by atoms with van der Waals surface area (Å²) in [7, 11) is 0. The van der Waals surface area contributed by atoms with Crippen LogP contribution in [0.2, 0.25) is 0 Å². The molecule has 6 N–H and O–H groups in total. The Morgan fingerprint density at radius 3 is 2.21 bits per heavy atom. The number of benzene rings is 2. The van der Waals surface area contributed by atoms with Gasteiger partial charge >= 0.3 is 11.9 Å². The van der Waals surface area contributed by atoms with Gasteiger partial charge in [0, 0.05) is 6.42 Å². The van der Waals surface area contributed by atoms with Crippen molar-refractivity contribution in [3.8, 4) is 11.1 Å². The van der Waals surface area contributed by atoms with E-state index in [1.807, 2.05) is 42.5 Å². The van der Waals surface area contributed by atoms with Crippen molar-refractivity contribution in [2.24, 2.45) is 0 Å². The van der Waals surface area contributed by atoms with Crippen molar-refractivity contribution < 1.29 is 49.4 Å². The summed E-state index contributed by atoms with van der Waals surface area (Å²) in [5.74, 6) is -3.68. The number of fused-ring (bicyclic) bond motifs is 1. The molecule has 2 aliphatic heterocycles. The molecule has 38 heavy (non-hydrogen) atoms. The molecule has 4 rings (SSSR count). The van der Waals surface area contributed by atoms with Gasteiger partial charge in [-0.3, -0.25) is 4.79 Å². The minimum Gasteiger partial charge on any atom is -0.480 e. The molecule has 11 nitrogen and oxygen atoms in total. The first-order valence-electron chi connectivity index (χ1n) is 11.8. The fourth-order valence-corrected chi connectivity index (χ4v) is 5.41. The molecule has 1 saturated heterocycles. The summed E-state index contributed by atoms with van der Waals surface area (Å²) in [5, 5.41) is 50.6. The Morgan fingerprint density at radius 2 is 1.61 bits per heavy atom. The molecule has 2 aliphatic rings. The van der Waals surface area contributed by atoms with E-state index in [1.54, 1.807) is 12.1 Å². The number of carbonyl (C=O) groups is 3. The highest BCUT2D eigenvalue weighted by molar-refractivity contribution is 8.04. The SMILES string of the molecule is O=C(Cc1ccc(-c2ccccc2)cc1)N[C@@H](CC1=C(C(=O)O)S[C@H]2[C@@H](O1)O[C@H](CO)[C@@H](O)[C@@H]2O)C(=O)O. The van der Waals surface area contributed by atoms with Crippen LogP contribution in [0.25, 0.3) is 11.1 Å². The highest BCUT2D eigenvalue weighted by Gasteiger charge is 2.50. The zero-order chi connectivity index (χ0) is 27.4. The van der Waals surface area contributed by atoms with Crippen LogP contribution in [0.15, 0.2) is 65.3 Å². The molecule has 0 unspecified atom stereocenters. The lowest BCUT2D eigenvalue weighted by Crippen LogP contribution is -2.59. The monoisotopic (exact) mass is 545 g/mol. The van der Waals surface area contributed by atoms with Crippen LogP contribution in [0.4, 0.5) is 0 Å². The molecule has 0 spiro atoms. The molecule has 0 bridgehead atoms. The van der Waals surface area contributed by atoms with Gasteiger partial charge in [-0.1, -0.05) is 54.6 Å². The van der Waals surface area contributed by atoms with Crippen LogP contribution in [-0.2, 0) is 30.3 Å². The Kier molecular flexibility index (Phi) is 8.69. The lowest BCUT2D eigenvalue weighted by atomic mass is 10.0. The predicted molar refractivity (Wildman–Crippen MR) is 135 cm³/mol. The minimum absolute atomic E-state index is 0.102. The van der Waals surface area contributed by atoms with Crippen LogP contribution in [-0.4, -0.2) is 85.9 Å². The van der Waals surface area contributed by atoms with Crippen LogP contribution in [0.3, 0.4) is 0 Å². The number of amides is 1. The quantitative estimate of drug-likeness (QED) is 0.261. The van der Waals surface area contributed by atoms with Gasteiger partial charge in [0.25, 0.3) is 0 Å². The van der Waals surface area contributed by atoms with E-state index in [4.69, 9.17) is 9.47 Å². The lowest BCUT2D eigenvalue weighted by molar-refractivity contribution is -0.243. The zero-order valence-corrected chi connectivity index (χ0v) is 20.8. The van der Waals surface area contributed by atoms with E-state index in [1.165, 1.54) is 0 Å². The maximum absolute atomic E-state index is 12.7. The van der Waals surface area contributed by atoms with Gasteiger partial charge < -0.3 is 40.3 Å². The van der Waals surface area contributed by atoms with E-state index in [0.29, 0.717) is 17.3 Å². The van der Waals surface area contributed by atoms with Gasteiger partial charge in [-0.15, -0.1) is 11.8 Å². The van der Waals surface area contributed by atoms with E-state index >= 15 is 0 Å². The van der Waals surface area contributed by atoms with Gasteiger partial charge in [0.1, 0.15) is 40.3 Å². The topological polar surface area (TPSA) is 183 Å². The molecule has 12 heteroatoms. The first-order chi connectivity index (χ1) is 18.2. The van der Waals surface area contributed by atoms with Crippen molar-refractivity contribution in [1.82, 2.24) is 5.32 Å². The second kappa shape index (κ2) is 12.0. The molecular formula is C26H27NO10S. The summed E-state index contributed by atoms with van der Waals surface area (Å²) in [6, 6.07) is 15.4. The molecule has 0 radical (unpaired) electrons. The van der Waals surface area contributed by atoms with Crippen molar-refractivity contribution in [3.05, 3.63) is 70.8 Å². The Hall–Kier alpha value is -3.42. The number of hydrogen-bond acceptors (Lipinski definition) is 9. The molecule has 1 amide bonds. The second-order valence-corrected chi connectivity index (χ2v) is 10.1. The molecule has 6 atom stereocenters. The summed E-state index contributed by atoms with van der Waals surface area (Å²) in [6.07, 6.45) is -5.96. The van der Waals surface area contributed by atoms with Crippen LogP contribution in [0.5, 0.6) is 0 Å². The molecule has 0 aliphatic carbocycles. The molecule has 1 fully saturated rings. The Balaban J connectivity index is 1.45. The highest BCUT2D eigenvalue weighted by atomic mass is 32.2. The number of carboxylic acids is 2. The Morgan fingerprint density at radius 1 is 0.947 bits per heavy atom. The number of carboxylic acid groups (broad SMARTS) is 2. The van der Waals surface area contributed by atoms with Crippen LogP contribution >= 0.6 is 11.8 Å². The number of carbonyl (C=O) groups excluding carboxylic acids is 1. The van der Waals surface area contributed by atoms with E-state index in [9.17, 15) is 39.9 Å². The Bertz CT molecular complexity index is 1200. The standard InChI is InChI=1S/C26H27NO10S/c28-12-18-20(30)21(31)23-26(37-18)36-17(22(38-23)25(34)35)11-16(24(32)33)27-19(29)10-13-6-8-15(9-7-13)14-4-2-1-3-5-14/h1-9,16,18,20-21,23,26,28,30-31H,10-12H2,(H,27,29)(H,32,33)(H,34,35)/t16-,18+,20+,21-,23+,26-/m0/s1. The van der Waals surface area contributed by atoms with Gasteiger partial charge in [-0.05, 0) is 16.7 Å². The normalized spacial score (nSPS) is 25.6. The smallest absolute Gasteiger partial charge is 0.345 e. The van der Waals surface area contributed by atoms with E-state index in [2.05, 4.69) is 5.32 Å². The highest BCUT2D eigenvalue weighted by Crippen LogP contribution is 2.42. The third kappa shape index (κ3) is 6.17. The fraction of sp³-hybridized carbons (Fsp3) is 0.346. The van der Waals surface area contributed by atoms with Gasteiger partial charge in [0.05, 0.1) is 13.0 Å². The lowest BCUT2D eigenvalue weighted by Gasteiger charge is -2.44. The van der Waals surface area contributed by atoms with Crippen LogP contribution < -0.4 is 5.32 Å². The van der Waals surface area contributed by atoms with Gasteiger partial charge in [0.2, 0.25) is 12.2 Å². The first kappa shape index (κ1) is 27.6. The van der Waals surface area contributed by atoms with Gasteiger partial charge in [-0.25, -0.2) is 9.59 Å². The molecule has 2 heterocycles. The maximum atomic E-state index is 12.7. The molecule has 2 aromatic rings. The predicted octanol–water partition coefficient (Wildman–Crippen LogP) is 0.723. The fourth-order valence-electron chi connectivity index (χ4n) is 4.24. The number of hydrogen-bond donors (Lipinski definition) is 6. The number of aliphatic hydroxyl groups is 3. The molecule has 0 saturated carbocycles. The number of aliphatic hydroxyl groups excluding tert-OH is 3.